The molecule has 3 atom stereocenters. The van der Waals surface area contributed by atoms with E-state index in [0.29, 0.717) is 38.8 Å². The molecule has 2 fully saturated rings. The van der Waals surface area contributed by atoms with E-state index >= 15 is 0 Å². The van der Waals surface area contributed by atoms with Crippen molar-refractivity contribution in [3.8, 4) is 0 Å². The van der Waals surface area contributed by atoms with Gasteiger partial charge in [0.1, 0.15) is 0 Å². The van der Waals surface area contributed by atoms with Crippen molar-refractivity contribution >= 4 is 44.2 Å². The lowest BCUT2D eigenvalue weighted by molar-refractivity contribution is 0.0396. The molecule has 2 aromatic rings. The van der Waals surface area contributed by atoms with E-state index in [1.54, 1.807) is 6.07 Å². The molecule has 5 nitrogen and oxygen atoms in total. The number of rotatable bonds is 1. The molecule has 2 saturated heterocycles. The van der Waals surface area contributed by atoms with Crippen LogP contribution < -0.4 is 5.73 Å². The normalized spacial score (nSPS) is 28.2. The van der Waals surface area contributed by atoms with E-state index in [1.807, 2.05) is 18.2 Å². The molecule has 5 rings (SSSR count). The Labute approximate surface area is 160 Å². The number of imide groups is 1. The minimum atomic E-state index is -0.187. The van der Waals surface area contributed by atoms with Crippen LogP contribution in [0, 0.1) is 0 Å². The Morgan fingerprint density at radius 2 is 1.69 bits per heavy atom. The molecular formula is C20H20BrN3O2. The van der Waals surface area contributed by atoms with E-state index in [1.165, 1.54) is 4.90 Å². The first kappa shape index (κ1) is 16.3. The van der Waals surface area contributed by atoms with E-state index in [-0.39, 0.29) is 17.9 Å². The lowest BCUT2D eigenvalue weighted by Gasteiger charge is -2.42. The molecule has 0 saturated carbocycles. The van der Waals surface area contributed by atoms with Crippen molar-refractivity contribution < 1.29 is 9.59 Å². The Balaban J connectivity index is 1.64. The number of carbonyl (C=O) groups excluding carboxylic acids is 2. The van der Waals surface area contributed by atoms with Gasteiger partial charge in [0.05, 0.1) is 5.69 Å². The number of benzene rings is 2. The fourth-order valence-electron chi connectivity index (χ4n) is 5.10. The zero-order chi connectivity index (χ0) is 18.2. The van der Waals surface area contributed by atoms with Crippen molar-refractivity contribution in [3.63, 3.8) is 0 Å². The van der Waals surface area contributed by atoms with Crippen LogP contribution in [0.25, 0.3) is 10.8 Å². The molecule has 6 heteroatoms. The number of carbonyl (C=O) groups is 2. The maximum absolute atomic E-state index is 13.3. The summed E-state index contributed by atoms with van der Waals surface area (Å²) in [5.41, 5.74) is 7.90. The Bertz CT molecular complexity index is 959. The van der Waals surface area contributed by atoms with Gasteiger partial charge in [0.25, 0.3) is 11.8 Å². The standard InChI is InChI=1S/C20H20BrN3O2/c1-23-10-5-6-11(23)8-12(7-10)24-19(25)14-4-2-3-13-17(14)15(20(24)26)9-16(21)18(13)22/h2-4,9-12H,5-8,22H2,1H3/t10-,11+,12?. The van der Waals surface area contributed by atoms with Crippen LogP contribution in [0.5, 0.6) is 0 Å². The van der Waals surface area contributed by atoms with Crippen molar-refractivity contribution in [1.82, 2.24) is 9.80 Å². The molecule has 2 amide bonds. The number of piperidine rings is 1. The first-order chi connectivity index (χ1) is 12.5. The third kappa shape index (κ3) is 2.06. The molecule has 26 heavy (non-hydrogen) atoms. The number of nitrogens with two attached hydrogens (primary N) is 1. The summed E-state index contributed by atoms with van der Waals surface area (Å²) in [6.07, 6.45) is 4.04. The smallest absolute Gasteiger partial charge is 0.261 e. The minimum absolute atomic E-state index is 0.0246. The third-order valence-electron chi connectivity index (χ3n) is 6.49. The van der Waals surface area contributed by atoms with Crippen LogP contribution in [0.15, 0.2) is 28.7 Å². The molecule has 0 aromatic heterocycles. The highest BCUT2D eigenvalue weighted by Gasteiger charge is 2.45. The highest BCUT2D eigenvalue weighted by Crippen LogP contribution is 2.41. The van der Waals surface area contributed by atoms with Gasteiger partial charge in [0, 0.05) is 44.5 Å². The molecule has 0 spiro atoms. The average molecular weight is 414 g/mol. The lowest BCUT2D eigenvalue weighted by atomic mass is 9.89. The van der Waals surface area contributed by atoms with Gasteiger partial charge >= 0.3 is 0 Å². The number of hydrogen-bond acceptors (Lipinski definition) is 4. The Morgan fingerprint density at radius 1 is 1.04 bits per heavy atom. The second-order valence-electron chi connectivity index (χ2n) is 7.70. The summed E-state index contributed by atoms with van der Waals surface area (Å²) in [6.45, 7) is 0. The van der Waals surface area contributed by atoms with Crippen LogP contribution in [0.3, 0.4) is 0 Å². The van der Waals surface area contributed by atoms with Gasteiger partial charge in [0.2, 0.25) is 0 Å². The van der Waals surface area contributed by atoms with Crippen LogP contribution in [0.1, 0.15) is 46.4 Å². The molecule has 3 aliphatic heterocycles. The Morgan fingerprint density at radius 3 is 2.38 bits per heavy atom. The zero-order valence-corrected chi connectivity index (χ0v) is 16.1. The Kier molecular flexibility index (Phi) is 3.46. The SMILES string of the molecule is CN1[C@@H]2CC[C@H]1CC(N1C(=O)c3cccc4c(N)c(Br)cc(c34)C1=O)C2. The maximum Gasteiger partial charge on any atom is 0.261 e. The van der Waals surface area contributed by atoms with Gasteiger partial charge in [0.15, 0.2) is 0 Å². The number of amides is 2. The summed E-state index contributed by atoms with van der Waals surface area (Å²) in [6, 6.07) is 8.20. The van der Waals surface area contributed by atoms with E-state index in [9.17, 15) is 9.59 Å². The van der Waals surface area contributed by atoms with Gasteiger partial charge in [-0.25, -0.2) is 0 Å². The summed E-state index contributed by atoms with van der Waals surface area (Å²) in [5, 5.41) is 1.45. The number of halogens is 1. The van der Waals surface area contributed by atoms with Crippen LogP contribution >= 0.6 is 15.9 Å². The van der Waals surface area contributed by atoms with Gasteiger partial charge in [-0.1, -0.05) is 12.1 Å². The quantitative estimate of drug-likeness (QED) is 0.574. The fourth-order valence-corrected chi connectivity index (χ4v) is 5.54. The van der Waals surface area contributed by atoms with Crippen molar-refractivity contribution in [2.24, 2.45) is 0 Å². The van der Waals surface area contributed by atoms with E-state index in [4.69, 9.17) is 5.73 Å². The van der Waals surface area contributed by atoms with Crippen molar-refractivity contribution in [3.05, 3.63) is 39.9 Å². The van der Waals surface area contributed by atoms with Crippen LogP contribution in [-0.4, -0.2) is 46.8 Å². The molecule has 2 bridgehead atoms. The van der Waals surface area contributed by atoms with E-state index < -0.39 is 0 Å². The van der Waals surface area contributed by atoms with Gasteiger partial charge in [-0.15, -0.1) is 0 Å². The Hall–Kier alpha value is -1.92. The number of hydrogen-bond donors (Lipinski definition) is 1. The minimum Gasteiger partial charge on any atom is -0.397 e. The van der Waals surface area contributed by atoms with Gasteiger partial charge < -0.3 is 10.6 Å². The van der Waals surface area contributed by atoms with Crippen molar-refractivity contribution in [1.29, 1.82) is 0 Å². The number of nitrogen functional groups attached to an aromatic ring is 1. The van der Waals surface area contributed by atoms with Gasteiger partial charge in [-0.05, 0) is 60.8 Å². The molecule has 3 heterocycles. The maximum atomic E-state index is 13.3. The molecule has 3 aliphatic rings. The van der Waals surface area contributed by atoms with E-state index in [0.717, 1.165) is 31.1 Å². The topological polar surface area (TPSA) is 66.6 Å². The average Bonchev–Trinajstić information content (AvgIpc) is 2.83. The van der Waals surface area contributed by atoms with Crippen LogP contribution in [0.4, 0.5) is 5.69 Å². The van der Waals surface area contributed by atoms with Crippen LogP contribution in [-0.2, 0) is 0 Å². The summed E-state index contributed by atoms with van der Waals surface area (Å²) in [4.78, 5) is 30.5. The monoisotopic (exact) mass is 413 g/mol. The fraction of sp³-hybridized carbons (Fsp3) is 0.400. The first-order valence-electron chi connectivity index (χ1n) is 9.08. The highest BCUT2D eigenvalue weighted by atomic mass is 79.9. The lowest BCUT2D eigenvalue weighted by Crippen LogP contribution is -2.54. The molecule has 2 aromatic carbocycles. The highest BCUT2D eigenvalue weighted by molar-refractivity contribution is 9.10. The number of anilines is 1. The molecule has 0 aliphatic carbocycles. The summed E-state index contributed by atoms with van der Waals surface area (Å²) in [7, 11) is 2.16. The summed E-state index contributed by atoms with van der Waals surface area (Å²) in [5.74, 6) is -0.364. The third-order valence-corrected chi connectivity index (χ3v) is 7.15. The number of nitrogens with zero attached hydrogens (tertiary/aromatic N) is 2. The van der Waals surface area contributed by atoms with Gasteiger partial charge in [-0.3, -0.25) is 14.5 Å². The molecule has 134 valence electrons. The molecular weight excluding hydrogens is 394 g/mol. The predicted octanol–water partition coefficient (Wildman–Crippen LogP) is 3.41. The summed E-state index contributed by atoms with van der Waals surface area (Å²) >= 11 is 3.46. The summed E-state index contributed by atoms with van der Waals surface area (Å²) < 4.78 is 0.697. The van der Waals surface area contributed by atoms with E-state index in [2.05, 4.69) is 27.9 Å². The predicted molar refractivity (Wildman–Crippen MR) is 104 cm³/mol. The first-order valence-corrected chi connectivity index (χ1v) is 9.87. The van der Waals surface area contributed by atoms with Gasteiger partial charge in [-0.2, -0.15) is 0 Å². The molecule has 1 unspecified atom stereocenters. The largest absolute Gasteiger partial charge is 0.397 e. The molecule has 2 N–H and O–H groups in total. The van der Waals surface area contributed by atoms with Crippen molar-refractivity contribution in [2.75, 3.05) is 12.8 Å². The second-order valence-corrected chi connectivity index (χ2v) is 8.56. The number of fused-ring (bicyclic) bond motifs is 2. The zero-order valence-electron chi connectivity index (χ0n) is 14.5. The molecule has 0 radical (unpaired) electrons. The van der Waals surface area contributed by atoms with Crippen molar-refractivity contribution in [2.45, 2.75) is 43.8 Å². The van der Waals surface area contributed by atoms with Crippen LogP contribution in [0.2, 0.25) is 0 Å². The second kappa shape index (κ2) is 5.54.